The Balaban J connectivity index is 5.24. The minimum atomic E-state index is -1.35. The monoisotopic (exact) mass is 461 g/mol. The van der Waals surface area contributed by atoms with Gasteiger partial charge in [-0.2, -0.15) is 12.6 Å². The molecule has 0 aromatic carbocycles. The maximum atomic E-state index is 12.8. The molecular formula is C19H35N5O6S. The molecule has 4 atom stereocenters. The van der Waals surface area contributed by atoms with Gasteiger partial charge in [0.25, 0.3) is 0 Å². The molecule has 178 valence electrons. The van der Waals surface area contributed by atoms with Crippen LogP contribution in [0.25, 0.3) is 0 Å². The molecule has 12 heteroatoms. The van der Waals surface area contributed by atoms with Crippen molar-refractivity contribution in [2.75, 3.05) is 5.75 Å². The summed E-state index contributed by atoms with van der Waals surface area (Å²) in [5.74, 6) is -4.12. The fraction of sp³-hybridized carbons (Fsp3) is 0.737. The number of carboxylic acid groups (broad SMARTS) is 1. The molecule has 0 saturated heterocycles. The molecule has 0 fully saturated rings. The summed E-state index contributed by atoms with van der Waals surface area (Å²) in [6.45, 7) is 7.29. The van der Waals surface area contributed by atoms with Crippen molar-refractivity contribution in [3.8, 4) is 0 Å². The van der Waals surface area contributed by atoms with Crippen LogP contribution in [0.2, 0.25) is 0 Å². The lowest BCUT2D eigenvalue weighted by Crippen LogP contribution is -2.58. The van der Waals surface area contributed by atoms with Crippen molar-refractivity contribution in [1.29, 1.82) is 0 Å². The first-order valence-corrected chi connectivity index (χ1v) is 10.7. The lowest BCUT2D eigenvalue weighted by atomic mass is 10.0. The van der Waals surface area contributed by atoms with Crippen LogP contribution in [-0.4, -0.2) is 64.6 Å². The standard InChI is InChI=1S/C19H35N5O6S/c1-9(2)7-12(23-18(28)15(21)10(3)4)16(26)24-13(8-31)17(27)22-11(19(29)30)5-6-14(20)25/h9-13,15,31H,5-8,21H2,1-4H3,(H2,20,25)(H,22,27)(H,23,28)(H,24,26)(H,29,30). The van der Waals surface area contributed by atoms with Crippen LogP contribution in [0.4, 0.5) is 0 Å². The zero-order valence-corrected chi connectivity index (χ0v) is 19.3. The van der Waals surface area contributed by atoms with Gasteiger partial charge in [0.2, 0.25) is 23.6 Å². The van der Waals surface area contributed by atoms with Crippen molar-refractivity contribution < 1.29 is 29.1 Å². The number of carbonyl (C=O) groups is 5. The van der Waals surface area contributed by atoms with Crippen molar-refractivity contribution in [3.05, 3.63) is 0 Å². The second kappa shape index (κ2) is 13.9. The lowest BCUT2D eigenvalue weighted by molar-refractivity contribution is -0.142. The first-order chi connectivity index (χ1) is 14.3. The highest BCUT2D eigenvalue weighted by Crippen LogP contribution is 2.08. The van der Waals surface area contributed by atoms with Gasteiger partial charge in [-0.05, 0) is 24.7 Å². The summed E-state index contributed by atoms with van der Waals surface area (Å²) in [4.78, 5) is 59.7. The summed E-state index contributed by atoms with van der Waals surface area (Å²) < 4.78 is 0. The number of hydrogen-bond acceptors (Lipinski definition) is 7. The van der Waals surface area contributed by atoms with Crippen LogP contribution in [0.1, 0.15) is 47.0 Å². The Morgan fingerprint density at radius 3 is 1.77 bits per heavy atom. The molecule has 0 aromatic heterocycles. The van der Waals surface area contributed by atoms with Crippen LogP contribution in [0, 0.1) is 11.8 Å². The number of thiol groups is 1. The predicted octanol–water partition coefficient (Wildman–Crippen LogP) is -1.25. The Hall–Kier alpha value is -2.34. The average Bonchev–Trinajstić information content (AvgIpc) is 2.66. The van der Waals surface area contributed by atoms with Gasteiger partial charge in [0.1, 0.15) is 18.1 Å². The quantitative estimate of drug-likeness (QED) is 0.157. The van der Waals surface area contributed by atoms with Gasteiger partial charge < -0.3 is 32.5 Å². The van der Waals surface area contributed by atoms with E-state index < -0.39 is 53.8 Å². The minimum absolute atomic E-state index is 0.0554. The normalized spacial score (nSPS) is 15.0. The van der Waals surface area contributed by atoms with Crippen LogP contribution in [0.15, 0.2) is 0 Å². The molecule has 0 aliphatic heterocycles. The topological polar surface area (TPSA) is 194 Å². The van der Waals surface area contributed by atoms with E-state index in [0.29, 0.717) is 6.42 Å². The number of aliphatic carboxylic acids is 1. The Kier molecular flexibility index (Phi) is 12.8. The zero-order chi connectivity index (χ0) is 24.3. The van der Waals surface area contributed by atoms with Crippen molar-refractivity contribution in [3.63, 3.8) is 0 Å². The van der Waals surface area contributed by atoms with E-state index in [1.807, 2.05) is 13.8 Å². The molecule has 0 heterocycles. The largest absolute Gasteiger partial charge is 0.480 e. The Morgan fingerprint density at radius 1 is 0.871 bits per heavy atom. The fourth-order valence-electron chi connectivity index (χ4n) is 2.56. The van der Waals surface area contributed by atoms with Gasteiger partial charge in [0, 0.05) is 12.2 Å². The van der Waals surface area contributed by atoms with E-state index in [2.05, 4.69) is 28.6 Å². The maximum Gasteiger partial charge on any atom is 0.326 e. The summed E-state index contributed by atoms with van der Waals surface area (Å²) in [5.41, 5.74) is 10.9. The molecule has 0 rings (SSSR count). The van der Waals surface area contributed by atoms with Crippen LogP contribution in [-0.2, 0) is 24.0 Å². The summed E-state index contributed by atoms with van der Waals surface area (Å²) in [5, 5.41) is 16.6. The smallest absolute Gasteiger partial charge is 0.326 e. The third-order valence-electron chi connectivity index (χ3n) is 4.47. The molecule has 4 unspecified atom stereocenters. The number of amides is 4. The summed E-state index contributed by atoms with van der Waals surface area (Å²) >= 11 is 4.05. The van der Waals surface area contributed by atoms with Crippen molar-refractivity contribution in [1.82, 2.24) is 16.0 Å². The highest BCUT2D eigenvalue weighted by atomic mass is 32.1. The highest BCUT2D eigenvalue weighted by molar-refractivity contribution is 7.80. The van der Waals surface area contributed by atoms with E-state index in [1.54, 1.807) is 13.8 Å². The number of carboxylic acids is 1. The Labute approximate surface area is 187 Å². The van der Waals surface area contributed by atoms with Crippen LogP contribution in [0.5, 0.6) is 0 Å². The van der Waals surface area contributed by atoms with Gasteiger partial charge in [-0.15, -0.1) is 0 Å². The van der Waals surface area contributed by atoms with Gasteiger partial charge >= 0.3 is 5.97 Å². The first-order valence-electron chi connectivity index (χ1n) is 10.1. The molecule has 0 saturated carbocycles. The van der Waals surface area contributed by atoms with Crippen LogP contribution >= 0.6 is 12.6 Å². The van der Waals surface area contributed by atoms with Gasteiger partial charge in [0.15, 0.2) is 0 Å². The molecule has 0 aliphatic rings. The molecule has 31 heavy (non-hydrogen) atoms. The van der Waals surface area contributed by atoms with Crippen molar-refractivity contribution in [2.45, 2.75) is 71.1 Å². The third-order valence-corrected chi connectivity index (χ3v) is 4.84. The second-order valence-corrected chi connectivity index (χ2v) is 8.47. The molecule has 0 radical (unpaired) electrons. The number of nitrogens with one attached hydrogen (secondary N) is 3. The predicted molar refractivity (Wildman–Crippen MR) is 118 cm³/mol. The number of nitrogens with two attached hydrogens (primary N) is 2. The molecule has 11 nitrogen and oxygen atoms in total. The minimum Gasteiger partial charge on any atom is -0.480 e. The number of primary amides is 1. The first kappa shape index (κ1) is 28.7. The highest BCUT2D eigenvalue weighted by Gasteiger charge is 2.30. The summed E-state index contributed by atoms with van der Waals surface area (Å²) in [6, 6.07) is -4.24. The van der Waals surface area contributed by atoms with E-state index in [1.165, 1.54) is 0 Å². The van der Waals surface area contributed by atoms with Gasteiger partial charge in [-0.3, -0.25) is 19.2 Å². The van der Waals surface area contributed by atoms with Gasteiger partial charge in [-0.1, -0.05) is 27.7 Å². The lowest BCUT2D eigenvalue weighted by Gasteiger charge is -2.26. The van der Waals surface area contributed by atoms with Crippen molar-refractivity contribution >= 4 is 42.2 Å². The molecule has 0 aromatic rings. The average molecular weight is 462 g/mol. The molecule has 0 bridgehead atoms. The molecule has 0 aliphatic carbocycles. The Bertz CT molecular complexity index is 658. The van der Waals surface area contributed by atoms with E-state index in [9.17, 15) is 29.1 Å². The number of hydrogen-bond donors (Lipinski definition) is 7. The number of carbonyl (C=O) groups excluding carboxylic acids is 4. The van der Waals surface area contributed by atoms with Gasteiger partial charge in [-0.25, -0.2) is 4.79 Å². The summed E-state index contributed by atoms with van der Waals surface area (Å²) in [7, 11) is 0. The summed E-state index contributed by atoms with van der Waals surface area (Å²) in [6.07, 6.45) is -0.115. The van der Waals surface area contributed by atoms with Crippen LogP contribution in [0.3, 0.4) is 0 Å². The second-order valence-electron chi connectivity index (χ2n) is 8.11. The number of rotatable bonds is 14. The van der Waals surface area contributed by atoms with Gasteiger partial charge in [0.05, 0.1) is 6.04 Å². The molecule has 0 spiro atoms. The van der Waals surface area contributed by atoms with E-state index in [4.69, 9.17) is 11.5 Å². The fourth-order valence-corrected chi connectivity index (χ4v) is 2.81. The SMILES string of the molecule is CC(C)CC(NC(=O)C(N)C(C)C)C(=O)NC(CS)C(=O)NC(CCC(N)=O)C(=O)O. The third kappa shape index (κ3) is 11.0. The van der Waals surface area contributed by atoms with Crippen LogP contribution < -0.4 is 27.4 Å². The van der Waals surface area contributed by atoms with E-state index in [-0.39, 0.29) is 30.4 Å². The molecular weight excluding hydrogens is 426 g/mol. The van der Waals surface area contributed by atoms with E-state index in [0.717, 1.165) is 0 Å². The molecule has 4 amide bonds. The Morgan fingerprint density at radius 2 is 1.35 bits per heavy atom. The zero-order valence-electron chi connectivity index (χ0n) is 18.4. The van der Waals surface area contributed by atoms with E-state index >= 15 is 0 Å². The molecule has 8 N–H and O–H groups in total. The van der Waals surface area contributed by atoms with Crippen molar-refractivity contribution in [2.24, 2.45) is 23.3 Å². The maximum absolute atomic E-state index is 12.8.